The lowest BCUT2D eigenvalue weighted by Crippen LogP contribution is -2.47. The maximum atomic E-state index is 11.9. The number of ether oxygens (including phenoxy) is 1. The number of aryl methyl sites for hydroxylation is 1. The zero-order valence-electron chi connectivity index (χ0n) is 17.5. The standard InChI is InChI=1S/C23H30N4O3/c1-18-4-2-5-20(16-18)27-14-12-26(13-15-27)11-3-10-25-22(28)17-30-21-8-6-19(7-9-21)23(24)29/h2,4-9,16H,3,10-15,17H2,1H3,(H2,24,29)(H,25,28). The predicted octanol–water partition coefficient (Wildman–Crippen LogP) is 1.80. The number of hydrogen-bond acceptors (Lipinski definition) is 5. The van der Waals surface area contributed by atoms with Crippen LogP contribution in [0.5, 0.6) is 5.75 Å². The fourth-order valence-electron chi connectivity index (χ4n) is 3.50. The first-order valence-corrected chi connectivity index (χ1v) is 10.3. The van der Waals surface area contributed by atoms with E-state index in [4.69, 9.17) is 10.5 Å². The lowest BCUT2D eigenvalue weighted by molar-refractivity contribution is -0.123. The van der Waals surface area contributed by atoms with Gasteiger partial charge in [0.1, 0.15) is 5.75 Å². The Morgan fingerprint density at radius 1 is 1.07 bits per heavy atom. The third kappa shape index (κ3) is 6.49. The van der Waals surface area contributed by atoms with E-state index in [1.54, 1.807) is 24.3 Å². The zero-order valence-corrected chi connectivity index (χ0v) is 17.5. The number of nitrogens with two attached hydrogens (primary N) is 1. The minimum absolute atomic E-state index is 0.0505. The van der Waals surface area contributed by atoms with Crippen LogP contribution in [0.3, 0.4) is 0 Å². The highest BCUT2D eigenvalue weighted by Gasteiger charge is 2.16. The number of amides is 2. The normalized spacial score (nSPS) is 14.4. The number of benzene rings is 2. The highest BCUT2D eigenvalue weighted by Crippen LogP contribution is 2.17. The van der Waals surface area contributed by atoms with Crippen LogP contribution in [0.1, 0.15) is 22.3 Å². The second kappa shape index (κ2) is 10.6. The van der Waals surface area contributed by atoms with Gasteiger partial charge in [0.2, 0.25) is 5.91 Å². The number of carbonyl (C=O) groups excluding carboxylic acids is 2. The van der Waals surface area contributed by atoms with Crippen molar-refractivity contribution in [2.45, 2.75) is 13.3 Å². The smallest absolute Gasteiger partial charge is 0.257 e. The van der Waals surface area contributed by atoms with Crippen molar-refractivity contribution in [1.82, 2.24) is 10.2 Å². The lowest BCUT2D eigenvalue weighted by Gasteiger charge is -2.36. The predicted molar refractivity (Wildman–Crippen MR) is 118 cm³/mol. The third-order valence-electron chi connectivity index (χ3n) is 5.22. The first-order valence-electron chi connectivity index (χ1n) is 10.3. The molecule has 0 unspecified atom stereocenters. The SMILES string of the molecule is Cc1cccc(N2CCN(CCCNC(=O)COc3ccc(C(N)=O)cc3)CC2)c1. The van der Waals surface area contributed by atoms with E-state index >= 15 is 0 Å². The molecule has 0 bridgehead atoms. The molecule has 30 heavy (non-hydrogen) atoms. The van der Waals surface area contributed by atoms with Crippen LogP contribution in [0, 0.1) is 6.92 Å². The summed E-state index contributed by atoms with van der Waals surface area (Å²) < 4.78 is 5.43. The Balaban J connectivity index is 1.28. The van der Waals surface area contributed by atoms with Crippen LogP contribution in [0.4, 0.5) is 5.69 Å². The molecule has 3 N–H and O–H groups in total. The Bertz CT molecular complexity index is 846. The van der Waals surface area contributed by atoms with Crippen molar-refractivity contribution in [3.63, 3.8) is 0 Å². The van der Waals surface area contributed by atoms with Crippen LogP contribution in [0.25, 0.3) is 0 Å². The molecular weight excluding hydrogens is 380 g/mol. The summed E-state index contributed by atoms with van der Waals surface area (Å²) in [5, 5.41) is 2.89. The van der Waals surface area contributed by atoms with Gasteiger partial charge in [-0.25, -0.2) is 0 Å². The first kappa shape index (κ1) is 21.6. The van der Waals surface area contributed by atoms with Gasteiger partial charge in [-0.1, -0.05) is 12.1 Å². The molecular formula is C23H30N4O3. The lowest BCUT2D eigenvalue weighted by atomic mass is 10.2. The summed E-state index contributed by atoms with van der Waals surface area (Å²) in [5.41, 5.74) is 8.19. The average molecular weight is 411 g/mol. The minimum Gasteiger partial charge on any atom is -0.484 e. The van der Waals surface area contributed by atoms with E-state index in [-0.39, 0.29) is 12.5 Å². The molecule has 2 amide bonds. The van der Waals surface area contributed by atoms with Crippen LogP contribution in [0.2, 0.25) is 0 Å². The molecule has 7 nitrogen and oxygen atoms in total. The van der Waals surface area contributed by atoms with Crippen molar-refractivity contribution < 1.29 is 14.3 Å². The van der Waals surface area contributed by atoms with Gasteiger partial charge in [0.05, 0.1) is 0 Å². The van der Waals surface area contributed by atoms with Gasteiger partial charge in [0, 0.05) is 44.0 Å². The molecule has 0 aromatic heterocycles. The fraction of sp³-hybridized carbons (Fsp3) is 0.391. The van der Waals surface area contributed by atoms with Crippen molar-refractivity contribution in [1.29, 1.82) is 0 Å². The molecule has 7 heteroatoms. The Morgan fingerprint density at radius 3 is 2.47 bits per heavy atom. The van der Waals surface area contributed by atoms with Crippen LogP contribution in [-0.4, -0.2) is 62.6 Å². The van der Waals surface area contributed by atoms with E-state index < -0.39 is 5.91 Å². The summed E-state index contributed by atoms with van der Waals surface area (Å²) in [6, 6.07) is 15.1. The maximum Gasteiger partial charge on any atom is 0.257 e. The number of anilines is 1. The number of rotatable bonds is 9. The summed E-state index contributed by atoms with van der Waals surface area (Å²) in [5.74, 6) is -0.115. The summed E-state index contributed by atoms with van der Waals surface area (Å²) in [4.78, 5) is 27.9. The number of piperazine rings is 1. The van der Waals surface area contributed by atoms with E-state index in [9.17, 15) is 9.59 Å². The van der Waals surface area contributed by atoms with Crippen molar-refractivity contribution in [3.05, 3.63) is 59.7 Å². The van der Waals surface area contributed by atoms with Crippen molar-refractivity contribution in [2.75, 3.05) is 50.8 Å². The van der Waals surface area contributed by atoms with Crippen LogP contribution >= 0.6 is 0 Å². The minimum atomic E-state index is -0.490. The van der Waals surface area contributed by atoms with Gasteiger partial charge in [-0.05, 0) is 61.9 Å². The van der Waals surface area contributed by atoms with Crippen molar-refractivity contribution in [3.8, 4) is 5.75 Å². The average Bonchev–Trinajstić information content (AvgIpc) is 2.76. The van der Waals surface area contributed by atoms with Crippen LogP contribution < -0.4 is 20.7 Å². The highest BCUT2D eigenvalue weighted by atomic mass is 16.5. The Labute approximate surface area is 177 Å². The second-order valence-corrected chi connectivity index (χ2v) is 7.55. The molecule has 0 spiro atoms. The largest absolute Gasteiger partial charge is 0.484 e. The van der Waals surface area contributed by atoms with E-state index in [0.717, 1.165) is 39.1 Å². The van der Waals surface area contributed by atoms with Gasteiger partial charge in [0.15, 0.2) is 6.61 Å². The molecule has 0 radical (unpaired) electrons. The molecule has 0 saturated carbocycles. The molecule has 1 aliphatic heterocycles. The topological polar surface area (TPSA) is 87.9 Å². The van der Waals surface area contributed by atoms with Gasteiger partial charge < -0.3 is 20.7 Å². The van der Waals surface area contributed by atoms with Gasteiger partial charge in [-0.15, -0.1) is 0 Å². The number of carbonyl (C=O) groups is 2. The van der Waals surface area contributed by atoms with Crippen LogP contribution in [0.15, 0.2) is 48.5 Å². The van der Waals surface area contributed by atoms with Gasteiger partial charge in [-0.2, -0.15) is 0 Å². The monoisotopic (exact) mass is 410 g/mol. The molecule has 3 rings (SSSR count). The fourth-order valence-corrected chi connectivity index (χ4v) is 3.50. The third-order valence-corrected chi connectivity index (χ3v) is 5.22. The molecule has 1 aliphatic rings. The number of primary amides is 1. The maximum absolute atomic E-state index is 11.9. The summed E-state index contributed by atoms with van der Waals surface area (Å²) in [6.07, 6.45) is 0.906. The van der Waals surface area contributed by atoms with Crippen LogP contribution in [-0.2, 0) is 4.79 Å². The molecule has 0 aliphatic carbocycles. The second-order valence-electron chi connectivity index (χ2n) is 7.55. The van der Waals surface area contributed by atoms with Gasteiger partial charge in [-0.3, -0.25) is 14.5 Å². The first-order chi connectivity index (χ1) is 14.5. The molecule has 1 heterocycles. The Morgan fingerprint density at radius 2 is 1.80 bits per heavy atom. The summed E-state index contributed by atoms with van der Waals surface area (Å²) in [6.45, 7) is 7.79. The Hall–Kier alpha value is -3.06. The van der Waals surface area contributed by atoms with Gasteiger partial charge >= 0.3 is 0 Å². The Kier molecular flexibility index (Phi) is 7.68. The molecule has 160 valence electrons. The zero-order chi connectivity index (χ0) is 21.3. The molecule has 2 aromatic rings. The molecule has 1 fully saturated rings. The summed E-state index contributed by atoms with van der Waals surface area (Å²) in [7, 11) is 0. The number of hydrogen-bond donors (Lipinski definition) is 2. The van der Waals surface area contributed by atoms with Crippen molar-refractivity contribution >= 4 is 17.5 Å². The van der Waals surface area contributed by atoms with E-state index in [1.165, 1.54) is 11.3 Å². The molecule has 1 saturated heterocycles. The molecule has 2 aromatic carbocycles. The van der Waals surface area contributed by atoms with E-state index in [2.05, 4.69) is 46.3 Å². The quantitative estimate of drug-likeness (QED) is 0.616. The van der Waals surface area contributed by atoms with E-state index in [0.29, 0.717) is 17.9 Å². The number of nitrogens with zero attached hydrogens (tertiary/aromatic N) is 2. The van der Waals surface area contributed by atoms with Crippen molar-refractivity contribution in [2.24, 2.45) is 5.73 Å². The number of nitrogens with one attached hydrogen (secondary N) is 1. The molecule has 0 atom stereocenters. The summed E-state index contributed by atoms with van der Waals surface area (Å²) >= 11 is 0. The van der Waals surface area contributed by atoms with Gasteiger partial charge in [0.25, 0.3) is 5.91 Å². The highest BCUT2D eigenvalue weighted by molar-refractivity contribution is 5.92. The van der Waals surface area contributed by atoms with E-state index in [1.807, 2.05) is 0 Å².